The molecule has 0 unspecified atom stereocenters. The SMILES string of the molecule is COc1ccc(C(=O)Oc2cc(/C=C(/C#N)C(=O)Nc3cc(Cl)cc(Cl)c3)ccc2OC)cc1. The standard InChI is InChI=1S/C25H18Cl2N2O5/c1-32-21-6-4-16(5-7-21)25(31)34-23-10-15(3-8-22(23)33-2)9-17(14-28)24(30)29-20-12-18(26)11-19(27)13-20/h3-13H,1-2H3,(H,29,30)/b17-9-. The molecule has 0 aliphatic carbocycles. The highest BCUT2D eigenvalue weighted by Gasteiger charge is 2.15. The van der Waals surface area contributed by atoms with Gasteiger partial charge in [-0.3, -0.25) is 4.79 Å². The van der Waals surface area contributed by atoms with Crippen LogP contribution in [0.2, 0.25) is 10.0 Å². The molecule has 0 spiro atoms. The lowest BCUT2D eigenvalue weighted by molar-refractivity contribution is -0.112. The average molecular weight is 497 g/mol. The van der Waals surface area contributed by atoms with Gasteiger partial charge in [0, 0.05) is 15.7 Å². The first-order valence-corrected chi connectivity index (χ1v) is 10.5. The van der Waals surface area contributed by atoms with Gasteiger partial charge in [0.1, 0.15) is 17.4 Å². The fraction of sp³-hybridized carbons (Fsp3) is 0.0800. The van der Waals surface area contributed by atoms with E-state index < -0.39 is 11.9 Å². The Labute approximate surface area is 206 Å². The number of nitriles is 1. The molecule has 0 radical (unpaired) electrons. The van der Waals surface area contributed by atoms with E-state index in [0.717, 1.165) is 0 Å². The van der Waals surface area contributed by atoms with E-state index >= 15 is 0 Å². The Bertz CT molecular complexity index is 1280. The molecule has 34 heavy (non-hydrogen) atoms. The molecule has 9 heteroatoms. The van der Waals surface area contributed by atoms with Crippen LogP contribution in [-0.4, -0.2) is 26.1 Å². The van der Waals surface area contributed by atoms with Gasteiger partial charge in [0.05, 0.1) is 19.8 Å². The zero-order chi connectivity index (χ0) is 24.7. The highest BCUT2D eigenvalue weighted by molar-refractivity contribution is 6.35. The maximum absolute atomic E-state index is 12.6. The van der Waals surface area contributed by atoms with Crippen molar-refractivity contribution >= 4 is 46.8 Å². The lowest BCUT2D eigenvalue weighted by atomic mass is 10.1. The van der Waals surface area contributed by atoms with Gasteiger partial charge < -0.3 is 19.5 Å². The summed E-state index contributed by atoms with van der Waals surface area (Å²) in [7, 11) is 2.96. The van der Waals surface area contributed by atoms with Crippen molar-refractivity contribution in [2.75, 3.05) is 19.5 Å². The third-order valence-electron chi connectivity index (χ3n) is 4.51. The molecule has 0 aliphatic heterocycles. The number of carbonyl (C=O) groups is 2. The summed E-state index contributed by atoms with van der Waals surface area (Å²) in [6.07, 6.45) is 1.35. The monoisotopic (exact) mass is 496 g/mol. The van der Waals surface area contributed by atoms with Gasteiger partial charge in [-0.15, -0.1) is 0 Å². The second-order valence-corrected chi connectivity index (χ2v) is 7.68. The van der Waals surface area contributed by atoms with Crippen molar-refractivity contribution in [2.24, 2.45) is 0 Å². The van der Waals surface area contributed by atoms with Crippen LogP contribution < -0.4 is 19.5 Å². The van der Waals surface area contributed by atoms with Crippen molar-refractivity contribution in [3.63, 3.8) is 0 Å². The van der Waals surface area contributed by atoms with Crippen molar-refractivity contribution in [2.45, 2.75) is 0 Å². The van der Waals surface area contributed by atoms with Crippen LogP contribution >= 0.6 is 23.2 Å². The zero-order valence-corrected chi connectivity index (χ0v) is 19.6. The Kier molecular flexibility index (Phi) is 8.14. The summed E-state index contributed by atoms with van der Waals surface area (Å²) >= 11 is 11.9. The number of carbonyl (C=O) groups excluding carboxylic acids is 2. The van der Waals surface area contributed by atoms with Gasteiger partial charge in [0.25, 0.3) is 5.91 Å². The van der Waals surface area contributed by atoms with E-state index in [1.165, 1.54) is 44.6 Å². The molecule has 7 nitrogen and oxygen atoms in total. The lowest BCUT2D eigenvalue weighted by Crippen LogP contribution is -2.13. The van der Waals surface area contributed by atoms with Crippen LogP contribution in [0.4, 0.5) is 5.69 Å². The van der Waals surface area contributed by atoms with Crippen molar-refractivity contribution in [3.05, 3.63) is 87.4 Å². The molecule has 0 fully saturated rings. The lowest BCUT2D eigenvalue weighted by Gasteiger charge is -2.11. The van der Waals surface area contributed by atoms with Crippen LogP contribution in [0.3, 0.4) is 0 Å². The number of nitrogens with one attached hydrogen (secondary N) is 1. The molecule has 3 aromatic rings. The van der Waals surface area contributed by atoms with E-state index in [2.05, 4.69) is 5.32 Å². The van der Waals surface area contributed by atoms with Gasteiger partial charge in [-0.25, -0.2) is 4.79 Å². The summed E-state index contributed by atoms with van der Waals surface area (Å²) < 4.78 is 15.8. The first-order chi connectivity index (χ1) is 16.3. The summed E-state index contributed by atoms with van der Waals surface area (Å²) in [4.78, 5) is 25.2. The molecule has 172 valence electrons. The largest absolute Gasteiger partial charge is 0.497 e. The minimum Gasteiger partial charge on any atom is -0.497 e. The number of hydrogen-bond donors (Lipinski definition) is 1. The summed E-state index contributed by atoms with van der Waals surface area (Å²) in [5.74, 6) is -0.248. The van der Waals surface area contributed by atoms with Gasteiger partial charge in [-0.1, -0.05) is 29.3 Å². The highest BCUT2D eigenvalue weighted by atomic mass is 35.5. The van der Waals surface area contributed by atoms with E-state index in [4.69, 9.17) is 37.4 Å². The van der Waals surface area contributed by atoms with E-state index in [9.17, 15) is 14.9 Å². The summed E-state index contributed by atoms with van der Waals surface area (Å²) in [5.41, 5.74) is 0.899. The minimum absolute atomic E-state index is 0.122. The topological polar surface area (TPSA) is 97.7 Å². The Morgan fingerprint density at radius 1 is 0.912 bits per heavy atom. The summed E-state index contributed by atoms with van der Waals surface area (Å²) in [6, 6.07) is 17.5. The number of benzene rings is 3. The Hall–Kier alpha value is -3.99. The highest BCUT2D eigenvalue weighted by Crippen LogP contribution is 2.30. The molecule has 1 N–H and O–H groups in total. The zero-order valence-electron chi connectivity index (χ0n) is 18.1. The van der Waals surface area contributed by atoms with Crippen LogP contribution in [0, 0.1) is 11.3 Å². The van der Waals surface area contributed by atoms with Crippen LogP contribution in [0.25, 0.3) is 6.08 Å². The maximum atomic E-state index is 12.6. The second kappa shape index (κ2) is 11.2. The normalized spacial score (nSPS) is 10.7. The number of esters is 1. The number of nitrogens with zero attached hydrogens (tertiary/aromatic N) is 1. The average Bonchev–Trinajstić information content (AvgIpc) is 2.82. The molecule has 0 aromatic heterocycles. The Morgan fingerprint density at radius 3 is 2.18 bits per heavy atom. The predicted molar refractivity (Wildman–Crippen MR) is 130 cm³/mol. The molecule has 1 amide bonds. The van der Waals surface area contributed by atoms with E-state index in [1.54, 1.807) is 36.4 Å². The number of halogens is 2. The number of rotatable bonds is 7. The molecule has 0 saturated heterocycles. The van der Waals surface area contributed by atoms with Gasteiger partial charge in [0.15, 0.2) is 11.5 Å². The van der Waals surface area contributed by atoms with Gasteiger partial charge >= 0.3 is 5.97 Å². The van der Waals surface area contributed by atoms with Crippen molar-refractivity contribution < 1.29 is 23.8 Å². The summed E-state index contributed by atoms with van der Waals surface area (Å²) in [6.45, 7) is 0. The van der Waals surface area contributed by atoms with E-state index in [0.29, 0.717) is 38.4 Å². The molecule has 0 atom stereocenters. The van der Waals surface area contributed by atoms with Crippen molar-refractivity contribution in [1.82, 2.24) is 0 Å². The van der Waals surface area contributed by atoms with Gasteiger partial charge in [-0.05, 0) is 66.2 Å². The molecule has 0 aliphatic rings. The van der Waals surface area contributed by atoms with Crippen LogP contribution in [0.5, 0.6) is 17.2 Å². The Morgan fingerprint density at radius 2 is 1.59 bits per heavy atom. The van der Waals surface area contributed by atoms with Crippen LogP contribution in [0.15, 0.2) is 66.2 Å². The predicted octanol–water partition coefficient (Wildman–Crippen LogP) is 5.78. The molecular formula is C25H18Cl2N2O5. The number of ether oxygens (including phenoxy) is 3. The molecule has 0 heterocycles. The number of hydrogen-bond acceptors (Lipinski definition) is 6. The smallest absolute Gasteiger partial charge is 0.343 e. The molecular weight excluding hydrogens is 479 g/mol. The maximum Gasteiger partial charge on any atom is 0.343 e. The second-order valence-electron chi connectivity index (χ2n) is 6.81. The third kappa shape index (κ3) is 6.29. The minimum atomic E-state index is -0.659. The van der Waals surface area contributed by atoms with E-state index in [-0.39, 0.29) is 11.3 Å². The third-order valence-corrected chi connectivity index (χ3v) is 4.95. The molecule has 3 aromatic carbocycles. The molecule has 0 bridgehead atoms. The van der Waals surface area contributed by atoms with Crippen molar-refractivity contribution in [3.8, 4) is 23.3 Å². The molecule has 3 rings (SSSR count). The first-order valence-electron chi connectivity index (χ1n) is 9.76. The first kappa shape index (κ1) is 24.6. The van der Waals surface area contributed by atoms with Gasteiger partial charge in [0.2, 0.25) is 0 Å². The number of methoxy groups -OCH3 is 2. The fourth-order valence-corrected chi connectivity index (χ4v) is 3.41. The fourth-order valence-electron chi connectivity index (χ4n) is 2.89. The number of amides is 1. The van der Waals surface area contributed by atoms with Crippen molar-refractivity contribution in [1.29, 1.82) is 5.26 Å². The Balaban J connectivity index is 1.84. The van der Waals surface area contributed by atoms with Crippen LogP contribution in [-0.2, 0) is 4.79 Å². The molecule has 0 saturated carbocycles. The van der Waals surface area contributed by atoms with Crippen LogP contribution in [0.1, 0.15) is 15.9 Å². The quantitative estimate of drug-likeness (QED) is 0.193. The number of anilines is 1. The summed E-state index contributed by atoms with van der Waals surface area (Å²) in [5, 5.41) is 12.8. The van der Waals surface area contributed by atoms with Gasteiger partial charge in [-0.2, -0.15) is 5.26 Å². The van der Waals surface area contributed by atoms with E-state index in [1.807, 2.05) is 6.07 Å².